The lowest BCUT2D eigenvalue weighted by molar-refractivity contribution is -0.118. The van der Waals surface area contributed by atoms with Crippen molar-refractivity contribution in [2.24, 2.45) is 5.73 Å². The fourth-order valence-corrected chi connectivity index (χ4v) is 3.03. The SMILES string of the molecule is COc1cc2c(c(C(C(N)=O)c3ccccc3)c1)CC(C)O2. The van der Waals surface area contributed by atoms with Gasteiger partial charge in [-0.15, -0.1) is 0 Å². The Labute approximate surface area is 129 Å². The van der Waals surface area contributed by atoms with E-state index in [1.165, 1.54) is 0 Å². The van der Waals surface area contributed by atoms with Crippen LogP contribution in [0.15, 0.2) is 42.5 Å². The van der Waals surface area contributed by atoms with Gasteiger partial charge in [-0.1, -0.05) is 30.3 Å². The Bertz CT molecular complexity index is 697. The molecule has 1 aliphatic rings. The van der Waals surface area contributed by atoms with Gasteiger partial charge in [0, 0.05) is 18.1 Å². The molecule has 0 spiro atoms. The van der Waals surface area contributed by atoms with E-state index in [2.05, 4.69) is 0 Å². The minimum atomic E-state index is -0.501. The molecule has 0 saturated carbocycles. The summed E-state index contributed by atoms with van der Waals surface area (Å²) in [5.74, 6) is 0.578. The molecule has 0 aromatic heterocycles. The number of carbonyl (C=O) groups is 1. The van der Waals surface area contributed by atoms with Gasteiger partial charge in [0.25, 0.3) is 0 Å². The van der Waals surface area contributed by atoms with Gasteiger partial charge in [0.2, 0.25) is 5.91 Å². The monoisotopic (exact) mass is 297 g/mol. The van der Waals surface area contributed by atoms with Gasteiger partial charge in [-0.05, 0) is 24.1 Å². The van der Waals surface area contributed by atoms with Crippen molar-refractivity contribution >= 4 is 5.91 Å². The summed E-state index contributed by atoms with van der Waals surface area (Å²) in [7, 11) is 1.60. The molecule has 2 unspecified atom stereocenters. The first-order valence-electron chi connectivity index (χ1n) is 7.32. The van der Waals surface area contributed by atoms with E-state index in [0.717, 1.165) is 28.9 Å². The Hall–Kier alpha value is -2.49. The van der Waals surface area contributed by atoms with E-state index in [9.17, 15) is 4.79 Å². The summed E-state index contributed by atoms with van der Waals surface area (Å²) in [5.41, 5.74) is 8.50. The molecule has 0 bridgehead atoms. The highest BCUT2D eigenvalue weighted by atomic mass is 16.5. The molecule has 22 heavy (non-hydrogen) atoms. The maximum atomic E-state index is 12.1. The second-order valence-corrected chi connectivity index (χ2v) is 5.57. The predicted molar refractivity (Wildman–Crippen MR) is 84.3 cm³/mol. The number of hydrogen-bond donors (Lipinski definition) is 1. The van der Waals surface area contributed by atoms with Crippen LogP contribution in [0.25, 0.3) is 0 Å². The normalized spacial score (nSPS) is 17.5. The van der Waals surface area contributed by atoms with Gasteiger partial charge in [0.1, 0.15) is 17.6 Å². The Morgan fingerprint density at radius 3 is 2.68 bits per heavy atom. The first-order valence-corrected chi connectivity index (χ1v) is 7.32. The molecule has 0 saturated heterocycles. The number of nitrogens with two attached hydrogens (primary N) is 1. The van der Waals surface area contributed by atoms with E-state index in [1.807, 2.05) is 49.4 Å². The van der Waals surface area contributed by atoms with Crippen molar-refractivity contribution < 1.29 is 14.3 Å². The topological polar surface area (TPSA) is 61.5 Å². The molecule has 4 nitrogen and oxygen atoms in total. The van der Waals surface area contributed by atoms with Gasteiger partial charge >= 0.3 is 0 Å². The number of methoxy groups -OCH3 is 1. The number of amides is 1. The van der Waals surface area contributed by atoms with Crippen molar-refractivity contribution in [3.8, 4) is 11.5 Å². The van der Waals surface area contributed by atoms with Gasteiger partial charge < -0.3 is 15.2 Å². The summed E-state index contributed by atoms with van der Waals surface area (Å²) >= 11 is 0. The number of benzene rings is 2. The molecule has 2 aromatic carbocycles. The fourth-order valence-electron chi connectivity index (χ4n) is 3.03. The van der Waals surface area contributed by atoms with Crippen LogP contribution in [0.5, 0.6) is 11.5 Å². The summed E-state index contributed by atoms with van der Waals surface area (Å²) in [5, 5.41) is 0. The van der Waals surface area contributed by atoms with E-state index >= 15 is 0 Å². The predicted octanol–water partition coefficient (Wildman–Crippen LogP) is 2.64. The van der Waals surface area contributed by atoms with Crippen LogP contribution in [0.3, 0.4) is 0 Å². The Kier molecular flexibility index (Phi) is 3.75. The Morgan fingerprint density at radius 2 is 2.05 bits per heavy atom. The lowest BCUT2D eigenvalue weighted by Crippen LogP contribution is -2.23. The summed E-state index contributed by atoms with van der Waals surface area (Å²) < 4.78 is 11.2. The Morgan fingerprint density at radius 1 is 1.32 bits per heavy atom. The number of rotatable bonds is 4. The molecule has 1 aliphatic heterocycles. The fraction of sp³-hybridized carbons (Fsp3) is 0.278. The first-order chi connectivity index (χ1) is 10.6. The first kappa shape index (κ1) is 14.4. The summed E-state index contributed by atoms with van der Waals surface area (Å²) in [6, 6.07) is 13.3. The average molecular weight is 297 g/mol. The third-order valence-corrected chi connectivity index (χ3v) is 4.00. The van der Waals surface area contributed by atoms with E-state index in [4.69, 9.17) is 15.2 Å². The molecule has 1 heterocycles. The zero-order valence-corrected chi connectivity index (χ0v) is 12.7. The van der Waals surface area contributed by atoms with E-state index in [-0.39, 0.29) is 12.0 Å². The maximum absolute atomic E-state index is 12.1. The molecule has 0 aliphatic carbocycles. The minimum absolute atomic E-state index is 0.0881. The average Bonchev–Trinajstić information content (AvgIpc) is 2.88. The molecule has 2 aromatic rings. The highest BCUT2D eigenvalue weighted by molar-refractivity contribution is 5.86. The lowest BCUT2D eigenvalue weighted by atomic mass is 9.86. The summed E-state index contributed by atoms with van der Waals surface area (Å²) in [4.78, 5) is 12.1. The molecule has 2 atom stereocenters. The van der Waals surface area contributed by atoms with Gasteiger partial charge in [-0.3, -0.25) is 4.79 Å². The van der Waals surface area contributed by atoms with Crippen molar-refractivity contribution in [3.05, 3.63) is 59.2 Å². The zero-order chi connectivity index (χ0) is 15.7. The number of carbonyl (C=O) groups excluding carboxylic acids is 1. The quantitative estimate of drug-likeness (QED) is 0.943. The number of fused-ring (bicyclic) bond motifs is 1. The molecule has 0 radical (unpaired) electrons. The molecule has 3 rings (SSSR count). The van der Waals surface area contributed by atoms with E-state index < -0.39 is 5.92 Å². The van der Waals surface area contributed by atoms with Crippen molar-refractivity contribution in [1.29, 1.82) is 0 Å². The van der Waals surface area contributed by atoms with Gasteiger partial charge in [0.15, 0.2) is 0 Å². The molecule has 2 N–H and O–H groups in total. The molecular formula is C18H19NO3. The van der Waals surface area contributed by atoms with Crippen LogP contribution in [0.4, 0.5) is 0 Å². The zero-order valence-electron chi connectivity index (χ0n) is 12.7. The maximum Gasteiger partial charge on any atom is 0.229 e. The van der Waals surface area contributed by atoms with Crippen LogP contribution >= 0.6 is 0 Å². The number of hydrogen-bond acceptors (Lipinski definition) is 3. The van der Waals surface area contributed by atoms with Crippen LogP contribution < -0.4 is 15.2 Å². The largest absolute Gasteiger partial charge is 0.497 e. The van der Waals surface area contributed by atoms with E-state index in [1.54, 1.807) is 7.11 Å². The third kappa shape index (κ3) is 2.52. The summed E-state index contributed by atoms with van der Waals surface area (Å²) in [6.45, 7) is 2.01. The number of primary amides is 1. The van der Waals surface area contributed by atoms with Crippen molar-refractivity contribution in [2.75, 3.05) is 7.11 Å². The standard InChI is InChI=1S/C18H19NO3/c1-11-8-14-15(9-13(21-2)10-16(14)22-11)17(18(19)20)12-6-4-3-5-7-12/h3-7,9-11,17H,8H2,1-2H3,(H2,19,20). The highest BCUT2D eigenvalue weighted by Crippen LogP contribution is 2.40. The lowest BCUT2D eigenvalue weighted by Gasteiger charge is -2.18. The van der Waals surface area contributed by atoms with Crippen molar-refractivity contribution in [2.45, 2.75) is 25.4 Å². The molecule has 1 amide bonds. The smallest absolute Gasteiger partial charge is 0.229 e. The van der Waals surface area contributed by atoms with Crippen LogP contribution in [0.2, 0.25) is 0 Å². The molecule has 0 fully saturated rings. The van der Waals surface area contributed by atoms with Gasteiger partial charge in [0.05, 0.1) is 13.0 Å². The van der Waals surface area contributed by atoms with E-state index in [0.29, 0.717) is 5.75 Å². The molecule has 4 heteroatoms. The molecular weight excluding hydrogens is 278 g/mol. The van der Waals surface area contributed by atoms with Crippen molar-refractivity contribution in [3.63, 3.8) is 0 Å². The highest BCUT2D eigenvalue weighted by Gasteiger charge is 2.30. The number of ether oxygens (including phenoxy) is 2. The third-order valence-electron chi connectivity index (χ3n) is 4.00. The van der Waals surface area contributed by atoms with Gasteiger partial charge in [-0.25, -0.2) is 0 Å². The van der Waals surface area contributed by atoms with Gasteiger partial charge in [-0.2, -0.15) is 0 Å². The van der Waals surface area contributed by atoms with Crippen molar-refractivity contribution in [1.82, 2.24) is 0 Å². The Balaban J connectivity index is 2.17. The van der Waals surface area contributed by atoms with Crippen LogP contribution in [0.1, 0.15) is 29.5 Å². The van der Waals surface area contributed by atoms with Crippen LogP contribution in [0, 0.1) is 0 Å². The van der Waals surface area contributed by atoms with Crippen LogP contribution in [-0.2, 0) is 11.2 Å². The van der Waals surface area contributed by atoms with Crippen LogP contribution in [-0.4, -0.2) is 19.1 Å². The second-order valence-electron chi connectivity index (χ2n) is 5.57. The second kappa shape index (κ2) is 5.72. The minimum Gasteiger partial charge on any atom is -0.497 e. The summed E-state index contributed by atoms with van der Waals surface area (Å²) in [6.07, 6.45) is 0.857. The molecule has 114 valence electrons.